The number of carbonyl (C=O) groups excluding carboxylic acids is 3. The fraction of sp³-hybridized carbons (Fsp3) is 0.259. The Labute approximate surface area is 209 Å². The topological polar surface area (TPSA) is 114 Å². The lowest BCUT2D eigenvalue weighted by Gasteiger charge is -2.26. The summed E-state index contributed by atoms with van der Waals surface area (Å²) in [7, 11) is 0. The Hall–Kier alpha value is -4.40. The minimum absolute atomic E-state index is 0.0314. The van der Waals surface area contributed by atoms with E-state index in [0.717, 1.165) is 10.6 Å². The van der Waals surface area contributed by atoms with Gasteiger partial charge in [0, 0.05) is 29.8 Å². The second-order valence-electron chi connectivity index (χ2n) is 9.33. The van der Waals surface area contributed by atoms with Crippen LogP contribution in [0.3, 0.4) is 0 Å². The van der Waals surface area contributed by atoms with Crippen LogP contribution in [0.5, 0.6) is 0 Å². The Morgan fingerprint density at radius 3 is 2.44 bits per heavy atom. The highest BCUT2D eigenvalue weighted by atomic mass is 16.6. The van der Waals surface area contributed by atoms with E-state index >= 15 is 0 Å². The van der Waals surface area contributed by atoms with Gasteiger partial charge in [-0.3, -0.25) is 24.5 Å². The number of ether oxygens (including phenoxy) is 1. The third-order valence-electron chi connectivity index (χ3n) is 5.63. The van der Waals surface area contributed by atoms with Gasteiger partial charge in [0.25, 0.3) is 5.91 Å². The molecular weight excluding hydrogens is 458 g/mol. The number of anilines is 1. The Morgan fingerprint density at radius 1 is 1.03 bits per heavy atom. The molecule has 36 heavy (non-hydrogen) atoms. The third kappa shape index (κ3) is 5.63. The van der Waals surface area contributed by atoms with Gasteiger partial charge in [-0.25, -0.2) is 15.2 Å². The summed E-state index contributed by atoms with van der Waals surface area (Å²) < 4.78 is 5.35. The molecule has 4 rings (SSSR count). The lowest BCUT2D eigenvalue weighted by Crippen LogP contribution is -2.50. The Balaban J connectivity index is 1.70. The van der Waals surface area contributed by atoms with Crippen molar-refractivity contribution in [3.63, 3.8) is 0 Å². The van der Waals surface area contributed by atoms with Crippen molar-refractivity contribution in [1.82, 2.24) is 15.4 Å². The lowest BCUT2D eigenvalue weighted by atomic mass is 9.87. The first-order valence-electron chi connectivity index (χ1n) is 11.5. The van der Waals surface area contributed by atoms with Gasteiger partial charge < -0.3 is 4.74 Å². The van der Waals surface area contributed by atoms with Crippen LogP contribution in [0.25, 0.3) is 0 Å². The minimum atomic E-state index is -1.09. The fourth-order valence-corrected chi connectivity index (χ4v) is 3.62. The number of Topliss-reactive ketones (excluding diaryl/α,β-unsaturated/α-hetero) is 1. The summed E-state index contributed by atoms with van der Waals surface area (Å²) in [6.07, 6.45) is 3.65. The second-order valence-corrected chi connectivity index (χ2v) is 9.33. The first-order valence-corrected chi connectivity index (χ1v) is 11.5. The maximum absolute atomic E-state index is 13.7. The van der Waals surface area contributed by atoms with E-state index in [2.05, 4.69) is 20.4 Å². The molecule has 2 amide bonds. The summed E-state index contributed by atoms with van der Waals surface area (Å²) in [6.45, 7) is 5.39. The Bertz CT molecular complexity index is 1290. The summed E-state index contributed by atoms with van der Waals surface area (Å²) in [4.78, 5) is 52.5. The molecule has 1 unspecified atom stereocenters. The van der Waals surface area contributed by atoms with E-state index in [0.29, 0.717) is 22.7 Å². The zero-order chi connectivity index (χ0) is 25.7. The van der Waals surface area contributed by atoms with Crippen LogP contribution >= 0.6 is 0 Å². The molecule has 1 N–H and O–H groups in total. The molecule has 3 aromatic rings. The summed E-state index contributed by atoms with van der Waals surface area (Å²) in [5, 5.41) is 1.11. The fourth-order valence-electron chi connectivity index (χ4n) is 3.62. The number of ketones is 1. The van der Waals surface area contributed by atoms with Crippen LogP contribution in [-0.2, 0) is 20.9 Å². The van der Waals surface area contributed by atoms with Crippen molar-refractivity contribution in [3.8, 4) is 0 Å². The second kappa shape index (κ2) is 10.5. The Morgan fingerprint density at radius 2 is 1.75 bits per heavy atom. The predicted molar refractivity (Wildman–Crippen MR) is 134 cm³/mol. The van der Waals surface area contributed by atoms with E-state index in [9.17, 15) is 14.4 Å². The number of nitrogens with zero attached hydrogens (tertiary/aromatic N) is 4. The zero-order valence-electron chi connectivity index (χ0n) is 20.3. The normalized spacial score (nSPS) is 15.4. The average Bonchev–Trinajstić information content (AvgIpc) is 2.99. The number of aromatic nitrogens is 2. The van der Waals surface area contributed by atoms with Gasteiger partial charge in [0.15, 0.2) is 0 Å². The van der Waals surface area contributed by atoms with Crippen LogP contribution in [0.15, 0.2) is 78.2 Å². The van der Waals surface area contributed by atoms with Crippen LogP contribution in [-0.4, -0.2) is 39.5 Å². The van der Waals surface area contributed by atoms with Crippen molar-refractivity contribution >= 4 is 29.2 Å². The van der Waals surface area contributed by atoms with Gasteiger partial charge in [-0.15, -0.1) is 0 Å². The molecule has 0 radical (unpaired) electrons. The van der Waals surface area contributed by atoms with Gasteiger partial charge in [0.1, 0.15) is 24.1 Å². The van der Waals surface area contributed by atoms with Crippen LogP contribution < -0.4 is 10.4 Å². The number of nitrogens with one attached hydrogen (secondary N) is 1. The number of para-hydroxylation sites is 1. The molecule has 1 atom stereocenters. The Kier molecular flexibility index (Phi) is 7.19. The van der Waals surface area contributed by atoms with Gasteiger partial charge in [-0.2, -0.15) is 0 Å². The van der Waals surface area contributed by atoms with E-state index in [-0.39, 0.29) is 18.8 Å². The van der Waals surface area contributed by atoms with E-state index in [1.54, 1.807) is 51.2 Å². The molecule has 0 saturated heterocycles. The van der Waals surface area contributed by atoms with Gasteiger partial charge in [0.05, 0.1) is 17.6 Å². The smallest absolute Gasteiger partial charge is 0.426 e. The standard InChI is InChI=1S/C27H27N5O4/c1-27(2,3)23(33)15-20-25(34)32(31-26(35)36-17-18-9-5-4-6-10-18)22-12-8-7-11-19(22)24(30-20)21-16-28-13-14-29-21/h4-14,16,20H,15,17H2,1-3H3,(H,31,35). The molecule has 1 aromatic heterocycles. The number of amides is 2. The van der Waals surface area contributed by atoms with E-state index in [1.165, 1.54) is 12.4 Å². The van der Waals surface area contributed by atoms with Gasteiger partial charge in [-0.1, -0.05) is 69.3 Å². The van der Waals surface area contributed by atoms with E-state index < -0.39 is 23.5 Å². The van der Waals surface area contributed by atoms with Gasteiger partial charge in [-0.05, 0) is 11.6 Å². The highest BCUT2D eigenvalue weighted by molar-refractivity contribution is 6.19. The van der Waals surface area contributed by atoms with Crippen LogP contribution in [0.4, 0.5) is 10.5 Å². The highest BCUT2D eigenvalue weighted by Gasteiger charge is 2.37. The monoisotopic (exact) mass is 485 g/mol. The molecule has 0 saturated carbocycles. The molecular formula is C27H27N5O4. The number of benzene rings is 2. The number of carbonyl (C=O) groups is 3. The molecule has 1 aliphatic heterocycles. The third-order valence-corrected chi connectivity index (χ3v) is 5.63. The molecule has 0 aliphatic carbocycles. The molecule has 0 fully saturated rings. The summed E-state index contributed by atoms with van der Waals surface area (Å²) in [5.41, 5.74) is 4.47. The van der Waals surface area contributed by atoms with Crippen LogP contribution in [0.1, 0.15) is 44.0 Å². The first kappa shape index (κ1) is 24.7. The number of fused-ring (bicyclic) bond motifs is 1. The largest absolute Gasteiger partial charge is 0.443 e. The first-order chi connectivity index (χ1) is 17.2. The maximum Gasteiger partial charge on any atom is 0.426 e. The van der Waals surface area contributed by atoms with Gasteiger partial charge >= 0.3 is 6.09 Å². The summed E-state index contributed by atoms with van der Waals surface area (Å²) in [5.74, 6) is -0.698. The molecule has 1 aliphatic rings. The molecule has 0 bridgehead atoms. The van der Waals surface area contributed by atoms with Crippen molar-refractivity contribution in [2.24, 2.45) is 10.4 Å². The van der Waals surface area contributed by atoms with Crippen molar-refractivity contribution in [2.75, 3.05) is 5.01 Å². The molecule has 9 nitrogen and oxygen atoms in total. The molecule has 9 heteroatoms. The number of aliphatic imine (C=N–C) groups is 1. The number of hydrogen-bond acceptors (Lipinski definition) is 7. The number of rotatable bonds is 6. The predicted octanol–water partition coefficient (Wildman–Crippen LogP) is 3.88. The van der Waals surface area contributed by atoms with Gasteiger partial charge in [0.2, 0.25) is 0 Å². The van der Waals surface area contributed by atoms with Crippen LogP contribution in [0.2, 0.25) is 0 Å². The minimum Gasteiger partial charge on any atom is -0.443 e. The molecule has 184 valence electrons. The van der Waals surface area contributed by atoms with E-state index in [1.807, 2.05) is 30.3 Å². The number of hydrazine groups is 1. The molecule has 0 spiro atoms. The molecule has 2 aromatic carbocycles. The number of hydrogen-bond donors (Lipinski definition) is 1. The summed E-state index contributed by atoms with van der Waals surface area (Å²) in [6, 6.07) is 15.1. The lowest BCUT2D eigenvalue weighted by molar-refractivity contribution is -0.129. The highest BCUT2D eigenvalue weighted by Crippen LogP contribution is 2.29. The quantitative estimate of drug-likeness (QED) is 0.567. The van der Waals surface area contributed by atoms with Crippen molar-refractivity contribution < 1.29 is 19.1 Å². The van der Waals surface area contributed by atoms with Crippen molar-refractivity contribution in [3.05, 3.63) is 90.0 Å². The zero-order valence-corrected chi connectivity index (χ0v) is 20.3. The maximum atomic E-state index is 13.7. The summed E-state index contributed by atoms with van der Waals surface area (Å²) >= 11 is 0. The van der Waals surface area contributed by atoms with Crippen molar-refractivity contribution in [2.45, 2.75) is 39.8 Å². The number of benzodiazepines with no additional fused rings is 1. The van der Waals surface area contributed by atoms with E-state index in [4.69, 9.17) is 4.74 Å². The van der Waals surface area contributed by atoms with Crippen molar-refractivity contribution in [1.29, 1.82) is 0 Å². The van der Waals surface area contributed by atoms with Crippen LogP contribution in [0, 0.1) is 5.41 Å². The SMILES string of the molecule is CC(C)(C)C(=O)CC1N=C(c2cnccn2)c2ccccc2N(NC(=O)OCc2ccccc2)C1=O. The molecule has 2 heterocycles. The average molecular weight is 486 g/mol.